The van der Waals surface area contributed by atoms with E-state index >= 15 is 0 Å². The molecule has 20 heavy (non-hydrogen) atoms. The van der Waals surface area contributed by atoms with Gasteiger partial charge in [0.25, 0.3) is 0 Å². The van der Waals surface area contributed by atoms with Crippen molar-refractivity contribution in [1.29, 1.82) is 0 Å². The second-order valence-electron chi connectivity index (χ2n) is 4.80. The highest BCUT2D eigenvalue weighted by Crippen LogP contribution is 2.21. The lowest BCUT2D eigenvalue weighted by molar-refractivity contribution is 0.199. The maximum absolute atomic E-state index is 5.02. The van der Waals surface area contributed by atoms with Crippen molar-refractivity contribution in [2.75, 3.05) is 26.0 Å². The van der Waals surface area contributed by atoms with Gasteiger partial charge in [0.05, 0.1) is 6.61 Å². The number of hydrogen-bond acceptors (Lipinski definition) is 3. The average Bonchev–Trinajstić information content (AvgIpc) is 2.48. The van der Waals surface area contributed by atoms with Gasteiger partial charge in [0, 0.05) is 25.1 Å². The zero-order valence-electron chi connectivity index (χ0n) is 12.6. The zero-order valence-corrected chi connectivity index (χ0v) is 13.4. The van der Waals surface area contributed by atoms with E-state index in [4.69, 9.17) is 4.74 Å². The van der Waals surface area contributed by atoms with Crippen molar-refractivity contribution in [2.45, 2.75) is 37.1 Å². The van der Waals surface area contributed by atoms with Crippen molar-refractivity contribution in [2.24, 2.45) is 0 Å². The van der Waals surface area contributed by atoms with Crippen molar-refractivity contribution in [3.05, 3.63) is 42.5 Å². The Kier molecular flexibility index (Phi) is 10.4. The van der Waals surface area contributed by atoms with E-state index in [-0.39, 0.29) is 0 Å². The Morgan fingerprint density at radius 1 is 1.30 bits per heavy atom. The van der Waals surface area contributed by atoms with Gasteiger partial charge in [-0.1, -0.05) is 24.6 Å². The molecule has 1 N–H and O–H groups in total. The Morgan fingerprint density at radius 3 is 3.00 bits per heavy atom. The molecule has 2 nitrogen and oxygen atoms in total. The summed E-state index contributed by atoms with van der Waals surface area (Å²) < 4.78 is 5.02. The Hall–Kier alpha value is -0.770. The molecule has 0 unspecified atom stereocenters. The third-order valence-corrected chi connectivity index (χ3v) is 4.11. The van der Waals surface area contributed by atoms with Crippen LogP contribution in [0.5, 0.6) is 0 Å². The fourth-order valence-electron chi connectivity index (χ4n) is 1.91. The predicted molar refractivity (Wildman–Crippen MR) is 89.4 cm³/mol. The molecule has 0 aliphatic heterocycles. The summed E-state index contributed by atoms with van der Waals surface area (Å²) in [6.07, 6.45) is 7.01. The van der Waals surface area contributed by atoms with Crippen molar-refractivity contribution >= 4 is 11.8 Å². The topological polar surface area (TPSA) is 21.3 Å². The number of allylic oxidation sites excluding steroid dienone is 1. The molecule has 112 valence electrons. The van der Waals surface area contributed by atoms with Crippen LogP contribution in [0.1, 0.15) is 31.2 Å². The Balaban J connectivity index is 2.20. The molecule has 0 atom stereocenters. The summed E-state index contributed by atoms with van der Waals surface area (Å²) in [5.74, 6) is 1.21. The van der Waals surface area contributed by atoms with Crippen LogP contribution < -0.4 is 5.32 Å². The molecule has 0 fully saturated rings. The van der Waals surface area contributed by atoms with Gasteiger partial charge in [-0.3, -0.25) is 0 Å². The average molecular weight is 293 g/mol. The molecule has 1 aromatic carbocycles. The van der Waals surface area contributed by atoms with Crippen LogP contribution in [0.15, 0.2) is 41.8 Å². The van der Waals surface area contributed by atoms with Crippen molar-refractivity contribution in [3.8, 4) is 0 Å². The molecule has 0 aliphatic carbocycles. The van der Waals surface area contributed by atoms with E-state index in [9.17, 15) is 0 Å². The minimum absolute atomic E-state index is 0.763. The lowest BCUT2D eigenvalue weighted by Crippen LogP contribution is -2.18. The van der Waals surface area contributed by atoms with Gasteiger partial charge < -0.3 is 10.1 Å². The number of nitrogens with one attached hydrogen (secondary N) is 1. The molecule has 0 amide bonds. The van der Waals surface area contributed by atoms with Crippen LogP contribution in [-0.2, 0) is 11.3 Å². The first-order chi connectivity index (χ1) is 9.86. The Labute approximate surface area is 128 Å². The molecular formula is C17H27NOS. The summed E-state index contributed by atoms with van der Waals surface area (Å²) in [6.45, 7) is 6.33. The minimum Gasteiger partial charge on any atom is -0.383 e. The fraction of sp³-hybridized carbons (Fsp3) is 0.529. The van der Waals surface area contributed by atoms with Crippen LogP contribution in [0, 0.1) is 0 Å². The van der Waals surface area contributed by atoms with E-state index in [1.54, 1.807) is 7.11 Å². The summed E-state index contributed by atoms with van der Waals surface area (Å²) in [4.78, 5) is 1.37. The van der Waals surface area contributed by atoms with Crippen LogP contribution in [0.4, 0.5) is 0 Å². The lowest BCUT2D eigenvalue weighted by Gasteiger charge is -2.07. The molecule has 0 spiro atoms. The van der Waals surface area contributed by atoms with Crippen LogP contribution in [0.2, 0.25) is 0 Å². The third kappa shape index (κ3) is 8.41. The molecular weight excluding hydrogens is 266 g/mol. The zero-order chi connectivity index (χ0) is 14.5. The van der Waals surface area contributed by atoms with Gasteiger partial charge in [0.2, 0.25) is 0 Å². The second kappa shape index (κ2) is 12.0. The van der Waals surface area contributed by atoms with Gasteiger partial charge in [0.15, 0.2) is 0 Å². The second-order valence-corrected chi connectivity index (χ2v) is 5.97. The molecule has 1 rings (SSSR count). The molecule has 0 bridgehead atoms. The number of unbranched alkanes of at least 4 members (excludes halogenated alkanes) is 3. The first kappa shape index (κ1) is 17.3. The summed E-state index contributed by atoms with van der Waals surface area (Å²) in [6, 6.07) is 8.81. The SMILES string of the molecule is C=CCCCCCSc1cccc(CNCCOC)c1. The monoisotopic (exact) mass is 293 g/mol. The number of benzene rings is 1. The lowest BCUT2D eigenvalue weighted by atomic mass is 10.2. The van der Waals surface area contributed by atoms with Gasteiger partial charge >= 0.3 is 0 Å². The van der Waals surface area contributed by atoms with E-state index in [2.05, 4.69) is 36.2 Å². The normalized spacial score (nSPS) is 10.7. The minimum atomic E-state index is 0.763. The summed E-state index contributed by atoms with van der Waals surface area (Å²) in [7, 11) is 1.73. The van der Waals surface area contributed by atoms with Gasteiger partial charge in [-0.15, -0.1) is 18.3 Å². The molecule has 1 aromatic rings. The van der Waals surface area contributed by atoms with Crippen molar-refractivity contribution in [1.82, 2.24) is 5.32 Å². The van der Waals surface area contributed by atoms with Crippen molar-refractivity contribution in [3.63, 3.8) is 0 Å². The number of ether oxygens (including phenoxy) is 1. The van der Waals surface area contributed by atoms with Gasteiger partial charge in [0.1, 0.15) is 0 Å². The van der Waals surface area contributed by atoms with Crippen LogP contribution in [-0.4, -0.2) is 26.0 Å². The molecule has 0 saturated carbocycles. The number of rotatable bonds is 12. The quantitative estimate of drug-likeness (QED) is 0.353. The van der Waals surface area contributed by atoms with E-state index in [0.29, 0.717) is 0 Å². The molecule has 3 heteroatoms. The first-order valence-electron chi connectivity index (χ1n) is 7.39. The Bertz CT molecular complexity index is 368. The van der Waals surface area contributed by atoms with Gasteiger partial charge in [-0.2, -0.15) is 0 Å². The third-order valence-electron chi connectivity index (χ3n) is 3.03. The number of thioether (sulfide) groups is 1. The number of hydrogen-bond donors (Lipinski definition) is 1. The highest BCUT2D eigenvalue weighted by atomic mass is 32.2. The highest BCUT2D eigenvalue weighted by Gasteiger charge is 1.97. The van der Waals surface area contributed by atoms with Crippen molar-refractivity contribution < 1.29 is 4.74 Å². The molecule has 0 aromatic heterocycles. The molecule has 0 radical (unpaired) electrons. The van der Waals surface area contributed by atoms with E-state index < -0.39 is 0 Å². The van der Waals surface area contributed by atoms with E-state index in [1.165, 1.54) is 35.5 Å². The maximum Gasteiger partial charge on any atom is 0.0587 e. The van der Waals surface area contributed by atoms with Crippen LogP contribution in [0.25, 0.3) is 0 Å². The van der Waals surface area contributed by atoms with Crippen LogP contribution in [0.3, 0.4) is 0 Å². The fourth-order valence-corrected chi connectivity index (χ4v) is 2.90. The highest BCUT2D eigenvalue weighted by molar-refractivity contribution is 7.99. The standard InChI is InChI=1S/C17H27NOS/c1-3-4-5-6-7-13-20-17-10-8-9-16(14-17)15-18-11-12-19-2/h3,8-10,14,18H,1,4-7,11-13,15H2,2H3. The van der Waals surface area contributed by atoms with E-state index in [1.807, 2.05) is 17.8 Å². The van der Waals surface area contributed by atoms with Crippen LogP contribution >= 0.6 is 11.8 Å². The summed E-state index contributed by atoms with van der Waals surface area (Å²) >= 11 is 1.96. The number of methoxy groups -OCH3 is 1. The summed E-state index contributed by atoms with van der Waals surface area (Å²) in [5, 5.41) is 3.38. The summed E-state index contributed by atoms with van der Waals surface area (Å²) in [5.41, 5.74) is 1.35. The largest absolute Gasteiger partial charge is 0.383 e. The Morgan fingerprint density at radius 2 is 2.20 bits per heavy atom. The molecule has 0 heterocycles. The van der Waals surface area contributed by atoms with E-state index in [0.717, 1.165) is 26.1 Å². The predicted octanol–water partition coefficient (Wildman–Crippen LogP) is 4.26. The first-order valence-corrected chi connectivity index (χ1v) is 8.37. The van der Waals surface area contributed by atoms with Gasteiger partial charge in [-0.25, -0.2) is 0 Å². The van der Waals surface area contributed by atoms with Gasteiger partial charge in [-0.05, 0) is 42.7 Å². The maximum atomic E-state index is 5.02. The smallest absolute Gasteiger partial charge is 0.0587 e. The molecule has 0 aliphatic rings. The molecule has 0 saturated heterocycles.